The van der Waals surface area contributed by atoms with Gasteiger partial charge in [0.25, 0.3) is 11.4 Å². The van der Waals surface area contributed by atoms with E-state index in [2.05, 4.69) is 26.3 Å². The van der Waals surface area contributed by atoms with Gasteiger partial charge in [-0.05, 0) is 98.4 Å². The predicted molar refractivity (Wildman–Crippen MR) is 299 cm³/mol. The second-order valence-corrected chi connectivity index (χ2v) is 22.7. The summed E-state index contributed by atoms with van der Waals surface area (Å²) >= 11 is 0. The summed E-state index contributed by atoms with van der Waals surface area (Å²) in [5.41, 5.74) is 7.50. The van der Waals surface area contributed by atoms with Crippen LogP contribution >= 0.6 is 7.60 Å². The van der Waals surface area contributed by atoms with Crippen LogP contribution in [0.4, 0.5) is 0 Å². The van der Waals surface area contributed by atoms with Crippen molar-refractivity contribution in [2.24, 2.45) is 12.8 Å². The number of primary amides is 1. The number of piperidine rings is 1. The van der Waals surface area contributed by atoms with E-state index in [1.807, 2.05) is 72.8 Å². The van der Waals surface area contributed by atoms with Gasteiger partial charge < -0.3 is 46.3 Å². The van der Waals surface area contributed by atoms with Crippen molar-refractivity contribution in [2.45, 2.75) is 120 Å². The summed E-state index contributed by atoms with van der Waals surface area (Å²) in [6.07, 6.45) is 4.10. The van der Waals surface area contributed by atoms with Crippen molar-refractivity contribution in [3.63, 3.8) is 0 Å². The Balaban J connectivity index is 0.897. The third-order valence-corrected chi connectivity index (χ3v) is 16.5. The Bertz CT molecular complexity index is 3530. The average molecular weight is 1140 g/mol. The summed E-state index contributed by atoms with van der Waals surface area (Å²) in [6.45, 7) is -0.102. The van der Waals surface area contributed by atoms with Crippen molar-refractivity contribution >= 4 is 82.3 Å². The van der Waals surface area contributed by atoms with Crippen LogP contribution in [0, 0.1) is 0 Å². The molecule has 3 aliphatic rings. The number of nitrogens with two attached hydrogens (primary N) is 1. The van der Waals surface area contributed by atoms with Crippen LogP contribution in [0.3, 0.4) is 0 Å². The molecule has 3 aliphatic heterocycles. The first-order valence-electron chi connectivity index (χ1n) is 27.4. The largest absolute Gasteiger partial charge is 0.396 e. The average Bonchev–Trinajstić information content (AvgIpc) is 4.37. The lowest BCUT2D eigenvalue weighted by molar-refractivity contribution is -0.145. The molecule has 8 amide bonds. The Labute approximate surface area is 470 Å². The van der Waals surface area contributed by atoms with Crippen molar-refractivity contribution in [1.82, 2.24) is 45.2 Å². The smallest absolute Gasteiger partial charge is 0.370 e. The molecule has 2 aromatic heterocycles. The van der Waals surface area contributed by atoms with Crippen LogP contribution in [0.1, 0.15) is 127 Å². The topological polar surface area (TPSA) is 335 Å². The predicted octanol–water partition coefficient (Wildman–Crippen LogP) is 3.66. The first kappa shape index (κ1) is 58.1. The Kier molecular flexibility index (Phi) is 17.8. The number of amides is 8. The van der Waals surface area contributed by atoms with Gasteiger partial charge in [-0.25, -0.2) is 4.79 Å². The van der Waals surface area contributed by atoms with Crippen molar-refractivity contribution in [1.29, 1.82) is 0 Å². The van der Waals surface area contributed by atoms with Gasteiger partial charge in [-0.15, -0.1) is 0 Å². The van der Waals surface area contributed by atoms with Crippen LogP contribution in [0.5, 0.6) is 0 Å². The quantitative estimate of drug-likeness (QED) is 0.0290. The Morgan fingerprint density at radius 2 is 1.50 bits per heavy atom. The van der Waals surface area contributed by atoms with Crippen molar-refractivity contribution in [3.8, 4) is 0 Å². The number of hydrogen-bond donors (Lipinski definition) is 8. The molecular formula is C58H65N10O13P. The molecule has 0 bridgehead atoms. The molecule has 3 fully saturated rings. The van der Waals surface area contributed by atoms with E-state index < -0.39 is 84.8 Å². The number of imide groups is 1. The molecule has 1 unspecified atom stereocenters. The second-order valence-electron chi connectivity index (χ2n) is 21.2. The standard InChI is InChI=1S/C58H65N10O13P/c1-65-51-36(18-12-19-44(51)68(58(65)78)46-26-28-48(70)63-55(46)75)17-6-2-3-11-20-49(71)66-30-29-39-22-25-45(54(74)61-41(24-27-47(59)69)52(72)64-50(34-13-7-4-8-14-34)35-15-9-5-10-16-35)67(39)56(76)43(33-66)62-53(73)42-32-38-31-37(21-23-40(38)60-42)57(77)82(79,80)81/h4-5,7-10,12-16,18-19,21,23,31-32,39,41,43,45-46,50,60H,2-3,6,11,17,20,22,24-30,33H2,1H3,(H2,59,69)(H,61,74)(H,62,73)(H,64,72)(H,63,70,75)(H2,79,80,81)/t39-,41+,43+,45+,46?/m1/s1. The lowest BCUT2D eigenvalue weighted by Crippen LogP contribution is -2.62. The number of hydrogen-bond acceptors (Lipinski definition) is 11. The van der Waals surface area contributed by atoms with E-state index in [0.29, 0.717) is 48.7 Å². The first-order chi connectivity index (χ1) is 39.3. The van der Waals surface area contributed by atoms with Crippen molar-refractivity contribution < 1.29 is 57.5 Å². The SMILES string of the molecule is Cn1c(=O)n(C2CCC(=O)NC2=O)c2cccc(CCCCCCC(=O)N3CC[C@H]4CC[C@@H](C(=O)N[C@@H](CCC(N)=O)C(=O)NC(c5ccccc5)c5ccccc5)N4C(=O)[C@@H](NC(=O)c4cc5cc(C(=O)P(=O)(O)O)ccc5[nH]4)C3)c21. The summed E-state index contributed by atoms with van der Waals surface area (Å²) in [5, 5.41) is 11.2. The van der Waals surface area contributed by atoms with Crippen LogP contribution in [-0.4, -0.2) is 124 Å². The molecule has 9 rings (SSSR count). The van der Waals surface area contributed by atoms with Gasteiger partial charge in [-0.2, -0.15) is 0 Å². The number of rotatable bonds is 21. The third kappa shape index (κ3) is 13.0. The van der Waals surface area contributed by atoms with Crippen LogP contribution < -0.4 is 32.7 Å². The van der Waals surface area contributed by atoms with E-state index in [4.69, 9.17) is 5.73 Å². The number of carbonyl (C=O) groups is 9. The number of benzene rings is 4. The zero-order chi connectivity index (χ0) is 58.4. The molecule has 5 atom stereocenters. The van der Waals surface area contributed by atoms with E-state index in [-0.39, 0.29) is 85.8 Å². The number of unbranched alkanes of at least 4 members (excludes halogenated alkanes) is 3. The number of para-hydroxylation sites is 1. The summed E-state index contributed by atoms with van der Waals surface area (Å²) in [6, 6.07) is 23.3. The minimum Gasteiger partial charge on any atom is -0.370 e. The first-order valence-corrected chi connectivity index (χ1v) is 29.0. The fraction of sp³-hybridized carbons (Fsp3) is 0.379. The van der Waals surface area contributed by atoms with E-state index in [0.717, 1.165) is 29.5 Å². The van der Waals surface area contributed by atoms with Gasteiger partial charge in [0.1, 0.15) is 29.9 Å². The Morgan fingerprint density at radius 1 is 0.793 bits per heavy atom. The van der Waals surface area contributed by atoms with Gasteiger partial charge in [0, 0.05) is 61.9 Å². The molecule has 5 heterocycles. The van der Waals surface area contributed by atoms with Gasteiger partial charge in [0.15, 0.2) is 0 Å². The summed E-state index contributed by atoms with van der Waals surface area (Å²) in [7, 11) is -3.48. The lowest BCUT2D eigenvalue weighted by atomic mass is 9.98. The Morgan fingerprint density at radius 3 is 2.18 bits per heavy atom. The fourth-order valence-electron chi connectivity index (χ4n) is 11.5. The monoisotopic (exact) mass is 1140 g/mol. The maximum atomic E-state index is 15.1. The number of aryl methyl sites for hydroxylation is 2. The number of nitrogens with one attached hydrogen (secondary N) is 5. The summed E-state index contributed by atoms with van der Waals surface area (Å²) in [5.74, 6) is -4.57. The molecule has 6 aromatic rings. The molecule has 23 nitrogen and oxygen atoms in total. The minimum absolute atomic E-state index is 0.0752. The zero-order valence-electron chi connectivity index (χ0n) is 45.1. The molecular weight excluding hydrogens is 1080 g/mol. The van der Waals surface area contributed by atoms with Crippen LogP contribution in [0.15, 0.2) is 108 Å². The fourth-order valence-corrected chi connectivity index (χ4v) is 12.0. The molecule has 430 valence electrons. The molecule has 4 aromatic carbocycles. The van der Waals surface area contributed by atoms with Gasteiger partial charge >= 0.3 is 13.3 Å². The van der Waals surface area contributed by atoms with Gasteiger partial charge in [0.2, 0.25) is 41.4 Å². The van der Waals surface area contributed by atoms with Crippen LogP contribution in [0.2, 0.25) is 0 Å². The van der Waals surface area contributed by atoms with E-state index >= 15 is 4.79 Å². The van der Waals surface area contributed by atoms with Crippen molar-refractivity contribution in [2.75, 3.05) is 13.1 Å². The minimum atomic E-state index is -5.13. The number of nitrogens with zero attached hydrogens (tertiary/aromatic N) is 4. The number of aromatic amines is 1. The maximum Gasteiger partial charge on any atom is 0.396 e. The molecule has 0 saturated carbocycles. The number of imidazole rings is 1. The second kappa shape index (κ2) is 25.1. The molecule has 9 N–H and O–H groups in total. The van der Waals surface area contributed by atoms with E-state index in [9.17, 15) is 57.5 Å². The summed E-state index contributed by atoms with van der Waals surface area (Å²) in [4.78, 5) is 160. The van der Waals surface area contributed by atoms with Gasteiger partial charge in [-0.3, -0.25) is 62.2 Å². The highest BCUT2D eigenvalue weighted by Crippen LogP contribution is 2.40. The maximum absolute atomic E-state index is 15.1. The van der Waals surface area contributed by atoms with E-state index in [1.165, 1.54) is 43.2 Å². The normalized spacial score (nSPS) is 18.9. The highest BCUT2D eigenvalue weighted by molar-refractivity contribution is 7.70. The highest BCUT2D eigenvalue weighted by Gasteiger charge is 2.46. The van der Waals surface area contributed by atoms with Crippen molar-refractivity contribution in [3.05, 3.63) is 142 Å². The number of fused-ring (bicyclic) bond motifs is 3. The zero-order valence-corrected chi connectivity index (χ0v) is 46.0. The summed E-state index contributed by atoms with van der Waals surface area (Å²) < 4.78 is 14.7. The van der Waals surface area contributed by atoms with Gasteiger partial charge in [0.05, 0.1) is 17.1 Å². The molecule has 82 heavy (non-hydrogen) atoms. The molecule has 24 heteroatoms. The molecule has 0 spiro atoms. The molecule has 0 aliphatic carbocycles. The number of carbonyl (C=O) groups excluding carboxylic acids is 9. The van der Waals surface area contributed by atoms with Gasteiger partial charge in [-0.1, -0.05) is 85.6 Å². The van der Waals surface area contributed by atoms with E-state index in [1.54, 1.807) is 13.1 Å². The molecule has 3 saturated heterocycles. The third-order valence-electron chi connectivity index (χ3n) is 15.7. The van der Waals surface area contributed by atoms with Crippen LogP contribution in [-0.2, 0) is 51.6 Å². The highest BCUT2D eigenvalue weighted by atomic mass is 31.2. The number of H-pyrrole nitrogens is 1. The molecule has 0 radical (unpaired) electrons. The number of aromatic nitrogens is 3. The Hall–Kier alpha value is -8.53. The lowest BCUT2D eigenvalue weighted by Gasteiger charge is -2.39. The van der Waals surface area contributed by atoms with Crippen LogP contribution in [0.25, 0.3) is 21.9 Å².